The molecule has 2 rings (SSSR count). The van der Waals surface area contributed by atoms with E-state index >= 15 is 0 Å². The highest BCUT2D eigenvalue weighted by molar-refractivity contribution is 8.77. The van der Waals surface area contributed by atoms with E-state index in [9.17, 15) is 19.2 Å². The molecule has 0 bridgehead atoms. The van der Waals surface area contributed by atoms with Crippen LogP contribution in [0.3, 0.4) is 0 Å². The standard InChI is InChI=1S/C19H28N2O6S2/c1-14(2)18(25)27-13-19(6-3-7-19)29-28-11-10-26-9-8-20-15(22)12-21-16(23)4-5-17(21)24/h4-5,14H,3,6-13H2,1-2H3,(H,20,22). The predicted octanol–water partition coefficient (Wildman–Crippen LogP) is 1.55. The maximum absolute atomic E-state index is 11.7. The van der Waals surface area contributed by atoms with Gasteiger partial charge in [-0.3, -0.25) is 24.1 Å². The second-order valence-electron chi connectivity index (χ2n) is 7.26. The highest BCUT2D eigenvalue weighted by atomic mass is 33.1. The number of imide groups is 1. The smallest absolute Gasteiger partial charge is 0.308 e. The number of hydrogen-bond acceptors (Lipinski definition) is 8. The summed E-state index contributed by atoms with van der Waals surface area (Å²) >= 11 is 0. The molecule has 1 saturated carbocycles. The minimum Gasteiger partial charge on any atom is -0.464 e. The first-order chi connectivity index (χ1) is 13.8. The van der Waals surface area contributed by atoms with Crippen molar-refractivity contribution in [1.29, 1.82) is 0 Å². The zero-order valence-corrected chi connectivity index (χ0v) is 18.4. The number of nitrogens with one attached hydrogen (secondary N) is 1. The largest absolute Gasteiger partial charge is 0.464 e. The average Bonchev–Trinajstić information content (AvgIpc) is 2.96. The van der Waals surface area contributed by atoms with Crippen molar-refractivity contribution in [2.24, 2.45) is 5.92 Å². The maximum atomic E-state index is 11.7. The normalized spacial score (nSPS) is 17.6. The predicted molar refractivity (Wildman–Crippen MR) is 112 cm³/mol. The van der Waals surface area contributed by atoms with Gasteiger partial charge in [-0.2, -0.15) is 0 Å². The van der Waals surface area contributed by atoms with E-state index in [0.29, 0.717) is 26.4 Å². The van der Waals surface area contributed by atoms with Crippen LogP contribution in [0.1, 0.15) is 33.1 Å². The lowest BCUT2D eigenvalue weighted by atomic mass is 9.85. The zero-order chi connectivity index (χ0) is 21.3. The Hall–Kier alpha value is -1.52. The van der Waals surface area contributed by atoms with Crippen molar-refractivity contribution in [3.8, 4) is 0 Å². The number of amides is 3. The van der Waals surface area contributed by atoms with Crippen LogP contribution in [0.25, 0.3) is 0 Å². The Bertz CT molecular complexity index is 631. The third-order valence-electron chi connectivity index (χ3n) is 4.53. The van der Waals surface area contributed by atoms with Crippen molar-refractivity contribution in [1.82, 2.24) is 10.2 Å². The van der Waals surface area contributed by atoms with E-state index in [1.807, 2.05) is 13.8 Å². The molecular formula is C19H28N2O6S2. The Morgan fingerprint density at radius 1 is 1.21 bits per heavy atom. The molecule has 8 nitrogen and oxygen atoms in total. The van der Waals surface area contributed by atoms with E-state index in [2.05, 4.69) is 5.32 Å². The molecule has 2 aliphatic rings. The Morgan fingerprint density at radius 3 is 2.48 bits per heavy atom. The van der Waals surface area contributed by atoms with Crippen LogP contribution in [0.5, 0.6) is 0 Å². The lowest BCUT2D eigenvalue weighted by Gasteiger charge is -2.40. The molecule has 162 valence electrons. The number of nitrogens with zero attached hydrogens (tertiary/aromatic N) is 1. The quantitative estimate of drug-likeness (QED) is 0.198. The van der Waals surface area contributed by atoms with Crippen LogP contribution in [0.2, 0.25) is 0 Å². The van der Waals surface area contributed by atoms with E-state index in [4.69, 9.17) is 9.47 Å². The van der Waals surface area contributed by atoms with Crippen LogP contribution in [-0.2, 0) is 28.7 Å². The summed E-state index contributed by atoms with van der Waals surface area (Å²) in [7, 11) is 3.47. The Balaban J connectivity index is 1.48. The monoisotopic (exact) mass is 444 g/mol. The molecule has 3 amide bonds. The number of carbonyl (C=O) groups is 4. The van der Waals surface area contributed by atoms with Crippen LogP contribution >= 0.6 is 21.6 Å². The van der Waals surface area contributed by atoms with Crippen LogP contribution in [0, 0.1) is 5.92 Å². The van der Waals surface area contributed by atoms with Crippen LogP contribution in [0.4, 0.5) is 0 Å². The topological polar surface area (TPSA) is 102 Å². The molecule has 10 heteroatoms. The number of ether oxygens (including phenoxy) is 2. The van der Waals surface area contributed by atoms with Gasteiger partial charge in [-0.25, -0.2) is 0 Å². The number of esters is 1. The lowest BCUT2D eigenvalue weighted by molar-refractivity contribution is -0.148. The molecule has 1 N–H and O–H groups in total. The summed E-state index contributed by atoms with van der Waals surface area (Å²) in [4.78, 5) is 47.1. The maximum Gasteiger partial charge on any atom is 0.308 e. The van der Waals surface area contributed by atoms with Gasteiger partial charge in [0.15, 0.2) is 0 Å². The van der Waals surface area contributed by atoms with Gasteiger partial charge in [-0.15, -0.1) is 0 Å². The van der Waals surface area contributed by atoms with E-state index in [0.717, 1.165) is 42.1 Å². The van der Waals surface area contributed by atoms with Gasteiger partial charge in [0.2, 0.25) is 5.91 Å². The van der Waals surface area contributed by atoms with Crippen molar-refractivity contribution in [2.45, 2.75) is 37.9 Å². The second-order valence-corrected chi connectivity index (χ2v) is 10.1. The molecule has 1 heterocycles. The molecular weight excluding hydrogens is 416 g/mol. The Labute approximate surface area is 178 Å². The first-order valence-corrected chi connectivity index (χ1v) is 12.0. The fraction of sp³-hybridized carbons (Fsp3) is 0.684. The van der Waals surface area contributed by atoms with Crippen LogP contribution in [0.15, 0.2) is 12.2 Å². The van der Waals surface area contributed by atoms with Gasteiger partial charge in [0, 0.05) is 24.4 Å². The molecule has 0 radical (unpaired) electrons. The van der Waals surface area contributed by atoms with Gasteiger partial charge < -0.3 is 14.8 Å². The van der Waals surface area contributed by atoms with Gasteiger partial charge >= 0.3 is 5.97 Å². The van der Waals surface area contributed by atoms with Crippen LogP contribution < -0.4 is 5.32 Å². The number of rotatable bonds is 13. The third-order valence-corrected chi connectivity index (χ3v) is 7.78. The average molecular weight is 445 g/mol. The van der Waals surface area contributed by atoms with Gasteiger partial charge in [-0.1, -0.05) is 41.9 Å². The summed E-state index contributed by atoms with van der Waals surface area (Å²) in [6, 6.07) is 0. The van der Waals surface area contributed by atoms with Gasteiger partial charge in [-0.05, 0) is 12.8 Å². The number of hydrogen-bond donors (Lipinski definition) is 1. The minimum atomic E-state index is -0.473. The molecule has 1 aliphatic carbocycles. The first kappa shape index (κ1) is 23.8. The molecule has 0 unspecified atom stereocenters. The lowest BCUT2D eigenvalue weighted by Crippen LogP contribution is -2.41. The van der Waals surface area contributed by atoms with E-state index < -0.39 is 17.7 Å². The summed E-state index contributed by atoms with van der Waals surface area (Å²) < 4.78 is 10.9. The molecule has 1 aliphatic heterocycles. The van der Waals surface area contributed by atoms with Gasteiger partial charge in [0.25, 0.3) is 11.8 Å². The minimum absolute atomic E-state index is 0.0302. The Morgan fingerprint density at radius 2 is 1.90 bits per heavy atom. The zero-order valence-electron chi connectivity index (χ0n) is 16.8. The summed E-state index contributed by atoms with van der Waals surface area (Å²) in [6.07, 6.45) is 5.57. The molecule has 29 heavy (non-hydrogen) atoms. The fourth-order valence-electron chi connectivity index (χ4n) is 2.60. The van der Waals surface area contributed by atoms with Crippen molar-refractivity contribution in [3.05, 3.63) is 12.2 Å². The first-order valence-electron chi connectivity index (χ1n) is 9.68. The van der Waals surface area contributed by atoms with Gasteiger partial charge in [0.1, 0.15) is 13.2 Å². The van der Waals surface area contributed by atoms with Crippen molar-refractivity contribution >= 4 is 45.3 Å². The summed E-state index contributed by atoms with van der Waals surface area (Å²) in [5.41, 5.74) is 0. The van der Waals surface area contributed by atoms with Crippen molar-refractivity contribution < 1.29 is 28.7 Å². The second kappa shape index (κ2) is 11.6. The molecule has 0 spiro atoms. The van der Waals surface area contributed by atoms with E-state index in [1.165, 1.54) is 0 Å². The van der Waals surface area contributed by atoms with E-state index in [-0.39, 0.29) is 23.2 Å². The highest BCUT2D eigenvalue weighted by Gasteiger charge is 2.39. The van der Waals surface area contributed by atoms with Crippen molar-refractivity contribution in [2.75, 3.05) is 38.7 Å². The van der Waals surface area contributed by atoms with Crippen LogP contribution in [-0.4, -0.2) is 72.0 Å². The van der Waals surface area contributed by atoms with Gasteiger partial charge in [0.05, 0.1) is 23.9 Å². The highest BCUT2D eigenvalue weighted by Crippen LogP contribution is 2.49. The molecule has 0 saturated heterocycles. The SMILES string of the molecule is CC(C)C(=O)OCC1(SSCCOCCNC(=O)CN2C(=O)C=CC2=O)CCC1. The molecule has 0 atom stereocenters. The fourth-order valence-corrected chi connectivity index (χ4v) is 5.53. The third kappa shape index (κ3) is 7.67. The molecule has 0 aromatic heterocycles. The molecule has 1 fully saturated rings. The summed E-state index contributed by atoms with van der Waals surface area (Å²) in [5, 5.41) is 2.62. The molecule has 0 aromatic rings. The summed E-state index contributed by atoms with van der Waals surface area (Å²) in [6.45, 7) is 5.07. The number of carbonyl (C=O) groups excluding carboxylic acids is 4. The molecule has 0 aromatic carbocycles. The Kier molecular flexibility index (Phi) is 9.51. The van der Waals surface area contributed by atoms with E-state index in [1.54, 1.807) is 21.6 Å². The summed E-state index contributed by atoms with van der Waals surface area (Å²) in [5.74, 6) is -0.806. The van der Waals surface area contributed by atoms with Crippen molar-refractivity contribution in [3.63, 3.8) is 0 Å².